The van der Waals surface area contributed by atoms with E-state index in [2.05, 4.69) is 0 Å². The van der Waals surface area contributed by atoms with Crippen LogP contribution in [-0.2, 0) is 23.1 Å². The summed E-state index contributed by atoms with van der Waals surface area (Å²) in [5, 5.41) is 0. The van der Waals surface area contributed by atoms with Crippen LogP contribution in [0.2, 0.25) is 0 Å². The third kappa shape index (κ3) is 3.66. The van der Waals surface area contributed by atoms with Gasteiger partial charge in [0.2, 0.25) is 0 Å². The molecule has 0 fully saturated rings. The molecule has 1 unspecified atom stereocenters. The summed E-state index contributed by atoms with van der Waals surface area (Å²) in [5.74, 6) is 1.28. The van der Waals surface area contributed by atoms with Crippen molar-refractivity contribution in [1.29, 1.82) is 0 Å². The van der Waals surface area contributed by atoms with Crippen molar-refractivity contribution in [3.05, 3.63) is 59.7 Å². The minimum absolute atomic E-state index is 0.511. The van der Waals surface area contributed by atoms with Crippen LogP contribution in [0.25, 0.3) is 0 Å². The lowest BCUT2D eigenvalue weighted by Gasteiger charge is -2.05. The molecule has 3 nitrogen and oxygen atoms in total. The Morgan fingerprint density at radius 3 is 2.11 bits per heavy atom. The van der Waals surface area contributed by atoms with E-state index in [1.54, 1.807) is 7.11 Å². The van der Waals surface area contributed by atoms with Crippen molar-refractivity contribution in [2.45, 2.75) is 17.2 Å². The molecule has 0 amide bonds. The van der Waals surface area contributed by atoms with Crippen LogP contribution in [-0.4, -0.2) is 11.3 Å². The van der Waals surface area contributed by atoms with Gasteiger partial charge in [0, 0.05) is 11.4 Å². The zero-order valence-corrected chi connectivity index (χ0v) is 11.7. The summed E-state index contributed by atoms with van der Waals surface area (Å²) in [7, 11) is 0.576. The predicted molar refractivity (Wildman–Crippen MR) is 77.4 cm³/mol. The Hall–Kier alpha value is -1.65. The molecule has 2 aromatic rings. The first kappa shape index (κ1) is 13.8. The summed E-state index contributed by atoms with van der Waals surface area (Å²) in [4.78, 5) is 0.809. The van der Waals surface area contributed by atoms with Crippen LogP contribution >= 0.6 is 0 Å². The highest BCUT2D eigenvalue weighted by Crippen LogP contribution is 2.17. The lowest BCUT2D eigenvalue weighted by atomic mass is 10.1. The Kier molecular flexibility index (Phi) is 4.71. The average molecular weight is 275 g/mol. The van der Waals surface area contributed by atoms with Crippen LogP contribution in [0.3, 0.4) is 0 Å². The normalized spacial score (nSPS) is 12.1. The number of benzene rings is 2. The summed E-state index contributed by atoms with van der Waals surface area (Å²) in [6, 6.07) is 15.2. The van der Waals surface area contributed by atoms with Gasteiger partial charge in [-0.25, -0.2) is 0 Å². The maximum atomic E-state index is 12.2. The van der Waals surface area contributed by atoms with Gasteiger partial charge in [0.25, 0.3) is 0 Å². The number of hydrogen-bond acceptors (Lipinski definition) is 3. The molecule has 2 N–H and O–H groups in total. The molecular formula is C15H17NO2S. The lowest BCUT2D eigenvalue weighted by Crippen LogP contribution is -1.99. The van der Waals surface area contributed by atoms with Crippen LogP contribution in [0.5, 0.6) is 5.75 Å². The third-order valence-electron chi connectivity index (χ3n) is 2.88. The van der Waals surface area contributed by atoms with Crippen LogP contribution < -0.4 is 10.5 Å². The smallest absolute Gasteiger partial charge is 0.118 e. The molecule has 2 rings (SSSR count). The van der Waals surface area contributed by atoms with E-state index in [0.29, 0.717) is 12.3 Å². The van der Waals surface area contributed by atoms with Crippen molar-refractivity contribution in [2.24, 2.45) is 5.73 Å². The standard InChI is InChI=1S/C15H17NO2S/c1-18-14-6-8-15(9-7-14)19(17)11-13-4-2-12(10-16)3-5-13/h2-9H,10-11,16H2,1H3. The summed E-state index contributed by atoms with van der Waals surface area (Å²) in [5.41, 5.74) is 7.68. The Morgan fingerprint density at radius 2 is 1.58 bits per heavy atom. The second kappa shape index (κ2) is 6.50. The first-order valence-corrected chi connectivity index (χ1v) is 7.35. The van der Waals surface area contributed by atoms with Gasteiger partial charge in [-0.05, 0) is 35.4 Å². The van der Waals surface area contributed by atoms with Crippen LogP contribution in [0.1, 0.15) is 11.1 Å². The first-order valence-electron chi connectivity index (χ1n) is 6.03. The molecule has 0 bridgehead atoms. The number of ether oxygens (including phenoxy) is 1. The van der Waals surface area contributed by atoms with Gasteiger partial charge >= 0.3 is 0 Å². The van der Waals surface area contributed by atoms with Crippen molar-refractivity contribution < 1.29 is 8.95 Å². The highest BCUT2D eigenvalue weighted by molar-refractivity contribution is 7.84. The van der Waals surface area contributed by atoms with Crippen LogP contribution in [0.4, 0.5) is 0 Å². The second-order valence-corrected chi connectivity index (χ2v) is 5.64. The predicted octanol–water partition coefficient (Wildman–Crippen LogP) is 2.46. The van der Waals surface area contributed by atoms with Gasteiger partial charge in [-0.15, -0.1) is 0 Å². The molecule has 0 heterocycles. The van der Waals surface area contributed by atoms with Gasteiger partial charge in [-0.1, -0.05) is 24.3 Å². The van der Waals surface area contributed by atoms with Gasteiger partial charge < -0.3 is 10.5 Å². The lowest BCUT2D eigenvalue weighted by molar-refractivity contribution is 0.414. The van der Waals surface area contributed by atoms with E-state index in [-0.39, 0.29) is 0 Å². The molecule has 0 saturated carbocycles. The van der Waals surface area contributed by atoms with Crippen molar-refractivity contribution in [3.63, 3.8) is 0 Å². The minimum atomic E-state index is -1.04. The summed E-state index contributed by atoms with van der Waals surface area (Å²) < 4.78 is 17.3. The molecule has 0 aliphatic carbocycles. The van der Waals surface area contributed by atoms with E-state index in [4.69, 9.17) is 10.5 Å². The maximum absolute atomic E-state index is 12.2. The van der Waals surface area contributed by atoms with Crippen molar-refractivity contribution in [3.8, 4) is 5.75 Å². The zero-order chi connectivity index (χ0) is 13.7. The van der Waals surface area contributed by atoms with Gasteiger partial charge in [-0.2, -0.15) is 0 Å². The fraction of sp³-hybridized carbons (Fsp3) is 0.200. The number of rotatable bonds is 5. The molecule has 0 radical (unpaired) electrons. The molecule has 0 aromatic heterocycles. The zero-order valence-electron chi connectivity index (χ0n) is 10.8. The van der Waals surface area contributed by atoms with E-state index >= 15 is 0 Å². The second-order valence-electron chi connectivity index (χ2n) is 4.19. The first-order chi connectivity index (χ1) is 9.22. The molecule has 100 valence electrons. The van der Waals surface area contributed by atoms with E-state index in [9.17, 15) is 4.21 Å². The molecule has 1 atom stereocenters. The van der Waals surface area contributed by atoms with E-state index in [1.165, 1.54) is 0 Å². The molecule has 4 heteroatoms. The highest BCUT2D eigenvalue weighted by Gasteiger charge is 2.05. The van der Waals surface area contributed by atoms with E-state index < -0.39 is 10.8 Å². The molecular weight excluding hydrogens is 258 g/mol. The highest BCUT2D eigenvalue weighted by atomic mass is 32.2. The number of methoxy groups -OCH3 is 1. The Balaban J connectivity index is 2.06. The maximum Gasteiger partial charge on any atom is 0.118 e. The van der Waals surface area contributed by atoms with E-state index in [0.717, 1.165) is 21.8 Å². The fourth-order valence-electron chi connectivity index (χ4n) is 1.73. The monoisotopic (exact) mass is 275 g/mol. The molecule has 2 aromatic carbocycles. The Morgan fingerprint density at radius 1 is 1.00 bits per heavy atom. The van der Waals surface area contributed by atoms with Crippen molar-refractivity contribution in [1.82, 2.24) is 0 Å². The molecule has 0 spiro atoms. The molecule has 0 aliphatic rings. The third-order valence-corrected chi connectivity index (χ3v) is 4.27. The van der Waals surface area contributed by atoms with Gasteiger partial charge in [0.05, 0.1) is 23.7 Å². The van der Waals surface area contributed by atoms with Gasteiger partial charge in [0.15, 0.2) is 0 Å². The quantitative estimate of drug-likeness (QED) is 0.912. The Bertz CT molecular complexity index is 549. The van der Waals surface area contributed by atoms with Gasteiger partial charge in [0.1, 0.15) is 5.75 Å². The molecule has 0 saturated heterocycles. The number of nitrogens with two attached hydrogens (primary N) is 1. The van der Waals surface area contributed by atoms with Crippen LogP contribution in [0.15, 0.2) is 53.4 Å². The van der Waals surface area contributed by atoms with Gasteiger partial charge in [-0.3, -0.25) is 4.21 Å². The van der Waals surface area contributed by atoms with E-state index in [1.807, 2.05) is 48.5 Å². The molecule has 19 heavy (non-hydrogen) atoms. The summed E-state index contributed by atoms with van der Waals surface area (Å²) >= 11 is 0. The molecule has 0 aliphatic heterocycles. The summed E-state index contributed by atoms with van der Waals surface area (Å²) in [6.07, 6.45) is 0. The fourth-order valence-corrected chi connectivity index (χ4v) is 2.84. The van der Waals surface area contributed by atoms with Crippen molar-refractivity contribution >= 4 is 10.8 Å². The summed E-state index contributed by atoms with van der Waals surface area (Å²) in [6.45, 7) is 0.530. The number of hydrogen-bond donors (Lipinski definition) is 1. The topological polar surface area (TPSA) is 52.3 Å². The van der Waals surface area contributed by atoms with Crippen molar-refractivity contribution in [2.75, 3.05) is 7.11 Å². The minimum Gasteiger partial charge on any atom is -0.497 e. The SMILES string of the molecule is COc1ccc(S(=O)Cc2ccc(CN)cc2)cc1. The average Bonchev–Trinajstić information content (AvgIpc) is 2.48. The Labute approximate surface area is 115 Å². The largest absolute Gasteiger partial charge is 0.497 e. The van der Waals surface area contributed by atoms with Crippen LogP contribution in [0, 0.1) is 0 Å².